The molecule has 0 atom stereocenters. The molecular weight excluding hydrogens is 354 g/mol. The second kappa shape index (κ2) is 8.95. The van der Waals surface area contributed by atoms with Gasteiger partial charge in [-0.05, 0) is 75.9 Å². The molecule has 0 aliphatic rings. The number of para-hydroxylation sites is 1. The molecule has 3 rings (SSSR count). The van der Waals surface area contributed by atoms with Crippen LogP contribution in [-0.4, -0.2) is 16.4 Å². The Morgan fingerprint density at radius 1 is 0.793 bits per heavy atom. The Morgan fingerprint density at radius 3 is 2.00 bits per heavy atom. The SMILES string of the molecule is CCc1ccccc1/N=C(\C)c1cccc(/C(C)=N/c2c(C)cc(C)cc2C)n1. The average molecular weight is 384 g/mol. The Balaban J connectivity index is 1.96. The van der Waals surface area contributed by atoms with Gasteiger partial charge in [0.25, 0.3) is 0 Å². The van der Waals surface area contributed by atoms with Crippen molar-refractivity contribution in [1.29, 1.82) is 0 Å². The van der Waals surface area contributed by atoms with Gasteiger partial charge in [0.05, 0.1) is 34.2 Å². The van der Waals surface area contributed by atoms with Gasteiger partial charge in [-0.3, -0.25) is 9.98 Å². The molecule has 0 N–H and O–H groups in total. The van der Waals surface area contributed by atoms with E-state index in [2.05, 4.69) is 58.0 Å². The van der Waals surface area contributed by atoms with Gasteiger partial charge in [0.1, 0.15) is 0 Å². The standard InChI is InChI=1S/C26H29N3/c1-7-22-11-8-9-12-25(22)27-20(5)23-13-10-14-24(29-23)21(6)28-26-18(3)15-17(2)16-19(26)4/h8-16H,7H2,1-6H3/b27-20+,28-21+. The molecule has 0 aliphatic carbocycles. The largest absolute Gasteiger partial charge is 0.251 e. The molecule has 29 heavy (non-hydrogen) atoms. The summed E-state index contributed by atoms with van der Waals surface area (Å²) in [7, 11) is 0. The van der Waals surface area contributed by atoms with E-state index in [4.69, 9.17) is 15.0 Å². The number of benzene rings is 2. The van der Waals surface area contributed by atoms with E-state index >= 15 is 0 Å². The first-order valence-electron chi connectivity index (χ1n) is 10.1. The van der Waals surface area contributed by atoms with Crippen LogP contribution in [0.1, 0.15) is 54.4 Å². The van der Waals surface area contributed by atoms with E-state index in [1.807, 2.05) is 38.1 Å². The lowest BCUT2D eigenvalue weighted by atomic mass is 10.1. The Hall–Kier alpha value is -3.07. The first-order chi connectivity index (χ1) is 13.9. The van der Waals surface area contributed by atoms with Crippen molar-refractivity contribution < 1.29 is 0 Å². The van der Waals surface area contributed by atoms with Crippen LogP contribution in [0.25, 0.3) is 0 Å². The molecule has 1 aromatic heterocycles. The molecule has 0 spiro atoms. The van der Waals surface area contributed by atoms with Crippen LogP contribution in [-0.2, 0) is 6.42 Å². The molecule has 3 aromatic rings. The Morgan fingerprint density at radius 2 is 1.38 bits per heavy atom. The van der Waals surface area contributed by atoms with Gasteiger partial charge in [-0.2, -0.15) is 0 Å². The third kappa shape index (κ3) is 4.86. The normalized spacial score (nSPS) is 12.3. The maximum atomic E-state index is 4.90. The number of aromatic nitrogens is 1. The molecule has 0 saturated carbocycles. The van der Waals surface area contributed by atoms with Gasteiger partial charge in [0.2, 0.25) is 0 Å². The number of hydrogen-bond acceptors (Lipinski definition) is 3. The lowest BCUT2D eigenvalue weighted by Crippen LogP contribution is -2.05. The zero-order chi connectivity index (χ0) is 21.0. The van der Waals surface area contributed by atoms with E-state index in [1.54, 1.807) is 0 Å². The number of nitrogens with zero attached hydrogens (tertiary/aromatic N) is 3. The topological polar surface area (TPSA) is 37.6 Å². The molecule has 3 nitrogen and oxygen atoms in total. The summed E-state index contributed by atoms with van der Waals surface area (Å²) in [4.78, 5) is 14.6. The Labute approximate surface area is 174 Å². The zero-order valence-electron chi connectivity index (χ0n) is 18.2. The minimum absolute atomic E-state index is 0.875. The van der Waals surface area contributed by atoms with Crippen LogP contribution < -0.4 is 0 Å². The highest BCUT2D eigenvalue weighted by Crippen LogP contribution is 2.26. The van der Waals surface area contributed by atoms with Crippen molar-refractivity contribution in [3.8, 4) is 0 Å². The van der Waals surface area contributed by atoms with Gasteiger partial charge in [0, 0.05) is 0 Å². The van der Waals surface area contributed by atoms with Crippen molar-refractivity contribution in [2.45, 2.75) is 48.0 Å². The van der Waals surface area contributed by atoms with Crippen LogP contribution >= 0.6 is 0 Å². The second-order valence-electron chi connectivity index (χ2n) is 7.53. The van der Waals surface area contributed by atoms with Gasteiger partial charge >= 0.3 is 0 Å². The van der Waals surface area contributed by atoms with Gasteiger partial charge in [-0.15, -0.1) is 0 Å². The number of rotatable bonds is 5. The van der Waals surface area contributed by atoms with E-state index in [-0.39, 0.29) is 0 Å². The van der Waals surface area contributed by atoms with Crippen molar-refractivity contribution in [3.05, 3.63) is 88.2 Å². The fourth-order valence-electron chi connectivity index (χ4n) is 3.57. The van der Waals surface area contributed by atoms with Crippen LogP contribution in [0.4, 0.5) is 11.4 Å². The number of pyridine rings is 1. The van der Waals surface area contributed by atoms with Gasteiger partial charge < -0.3 is 0 Å². The maximum Gasteiger partial charge on any atom is 0.0849 e. The number of aryl methyl sites for hydroxylation is 4. The highest BCUT2D eigenvalue weighted by molar-refractivity contribution is 6.02. The smallest absolute Gasteiger partial charge is 0.0849 e. The fourth-order valence-corrected chi connectivity index (χ4v) is 3.57. The predicted octanol–water partition coefficient (Wildman–Crippen LogP) is 6.85. The Kier molecular flexibility index (Phi) is 6.38. The second-order valence-corrected chi connectivity index (χ2v) is 7.53. The molecule has 0 amide bonds. The maximum absolute atomic E-state index is 4.90. The lowest BCUT2D eigenvalue weighted by Gasteiger charge is -2.09. The molecule has 0 aliphatic heterocycles. The molecular formula is C26H29N3. The summed E-state index contributed by atoms with van der Waals surface area (Å²) in [5.74, 6) is 0. The minimum Gasteiger partial charge on any atom is -0.251 e. The average Bonchev–Trinajstić information content (AvgIpc) is 2.71. The summed E-state index contributed by atoms with van der Waals surface area (Å²) in [6.45, 7) is 12.5. The summed E-state index contributed by atoms with van der Waals surface area (Å²) in [5.41, 5.74) is 10.5. The van der Waals surface area contributed by atoms with Gasteiger partial charge in [-0.25, -0.2) is 4.98 Å². The monoisotopic (exact) mass is 383 g/mol. The van der Waals surface area contributed by atoms with Gasteiger partial charge in [0.15, 0.2) is 0 Å². The van der Waals surface area contributed by atoms with Crippen LogP contribution in [0.3, 0.4) is 0 Å². The molecule has 0 bridgehead atoms. The van der Waals surface area contributed by atoms with E-state index in [9.17, 15) is 0 Å². The lowest BCUT2D eigenvalue weighted by molar-refractivity contribution is 1.13. The van der Waals surface area contributed by atoms with Gasteiger partial charge in [-0.1, -0.05) is 48.9 Å². The van der Waals surface area contributed by atoms with Crippen molar-refractivity contribution in [2.24, 2.45) is 9.98 Å². The number of aliphatic imine (C=N–C) groups is 2. The quantitative estimate of drug-likeness (QED) is 0.444. The summed E-state index contributed by atoms with van der Waals surface area (Å²) in [5, 5.41) is 0. The summed E-state index contributed by atoms with van der Waals surface area (Å²) >= 11 is 0. The molecule has 1 heterocycles. The molecule has 3 heteroatoms. The summed E-state index contributed by atoms with van der Waals surface area (Å²) < 4.78 is 0. The Bertz CT molecular complexity index is 1070. The highest BCUT2D eigenvalue weighted by Gasteiger charge is 2.08. The molecule has 0 radical (unpaired) electrons. The third-order valence-electron chi connectivity index (χ3n) is 5.07. The third-order valence-corrected chi connectivity index (χ3v) is 5.07. The minimum atomic E-state index is 0.875. The van der Waals surface area contributed by atoms with Crippen LogP contribution in [0.2, 0.25) is 0 Å². The van der Waals surface area contributed by atoms with Crippen molar-refractivity contribution in [3.63, 3.8) is 0 Å². The van der Waals surface area contributed by atoms with Crippen molar-refractivity contribution >= 4 is 22.8 Å². The molecule has 148 valence electrons. The van der Waals surface area contributed by atoms with E-state index in [0.717, 1.165) is 40.6 Å². The first-order valence-corrected chi connectivity index (χ1v) is 10.1. The molecule has 0 saturated heterocycles. The van der Waals surface area contributed by atoms with Crippen molar-refractivity contribution in [1.82, 2.24) is 4.98 Å². The van der Waals surface area contributed by atoms with E-state index in [0.29, 0.717) is 0 Å². The molecule has 0 unspecified atom stereocenters. The summed E-state index contributed by atoms with van der Waals surface area (Å²) in [6, 6.07) is 18.6. The van der Waals surface area contributed by atoms with Crippen molar-refractivity contribution in [2.75, 3.05) is 0 Å². The van der Waals surface area contributed by atoms with Crippen LogP contribution in [0, 0.1) is 20.8 Å². The zero-order valence-corrected chi connectivity index (χ0v) is 18.2. The molecule has 2 aromatic carbocycles. The van der Waals surface area contributed by atoms with E-state index < -0.39 is 0 Å². The predicted molar refractivity (Wildman–Crippen MR) is 124 cm³/mol. The van der Waals surface area contributed by atoms with Crippen LogP contribution in [0.5, 0.6) is 0 Å². The first kappa shape index (κ1) is 20.7. The van der Waals surface area contributed by atoms with Crippen LogP contribution in [0.15, 0.2) is 64.6 Å². The number of hydrogen-bond donors (Lipinski definition) is 0. The highest BCUT2D eigenvalue weighted by atomic mass is 14.8. The summed E-state index contributed by atoms with van der Waals surface area (Å²) in [6.07, 6.45) is 0.960. The molecule has 0 fully saturated rings. The van der Waals surface area contributed by atoms with E-state index in [1.165, 1.54) is 22.3 Å². The fraction of sp³-hybridized carbons (Fsp3) is 0.269.